The van der Waals surface area contributed by atoms with Crippen LogP contribution in [0, 0.1) is 17.7 Å². The molecule has 1 N–H and O–H groups in total. The maximum Gasteiger partial charge on any atom is 0.439 e. The van der Waals surface area contributed by atoms with Gasteiger partial charge in [-0.2, -0.15) is 23.3 Å². The van der Waals surface area contributed by atoms with Crippen molar-refractivity contribution in [3.05, 3.63) is 35.6 Å². The van der Waals surface area contributed by atoms with E-state index in [4.69, 9.17) is 0 Å². The van der Waals surface area contributed by atoms with Crippen LogP contribution in [0.3, 0.4) is 0 Å². The van der Waals surface area contributed by atoms with Crippen molar-refractivity contribution in [1.82, 2.24) is 5.01 Å². The SMILES string of the molecule is C[C@@H]1CCC[C@H]2C1=NN(C(=O)c1ccc(F)cc1)[C@]2(O)C(F)(F)F. The quantitative estimate of drug-likeness (QED) is 0.795. The van der Waals surface area contributed by atoms with Crippen molar-refractivity contribution in [3.63, 3.8) is 0 Å². The first-order valence-electron chi connectivity index (χ1n) is 7.64. The van der Waals surface area contributed by atoms with E-state index in [9.17, 15) is 27.5 Å². The Morgan fingerprint density at radius 2 is 1.92 bits per heavy atom. The van der Waals surface area contributed by atoms with E-state index in [1.165, 1.54) is 0 Å². The summed E-state index contributed by atoms with van der Waals surface area (Å²) in [4.78, 5) is 12.5. The predicted molar refractivity (Wildman–Crippen MR) is 77.5 cm³/mol. The van der Waals surface area contributed by atoms with Gasteiger partial charge in [-0.15, -0.1) is 0 Å². The number of benzene rings is 1. The molecule has 0 unspecified atom stereocenters. The van der Waals surface area contributed by atoms with Crippen LogP contribution in [0.5, 0.6) is 0 Å². The fourth-order valence-electron chi connectivity index (χ4n) is 3.42. The second kappa shape index (κ2) is 5.54. The van der Waals surface area contributed by atoms with E-state index in [2.05, 4.69) is 5.10 Å². The topological polar surface area (TPSA) is 52.9 Å². The maximum absolute atomic E-state index is 13.7. The summed E-state index contributed by atoms with van der Waals surface area (Å²) in [7, 11) is 0. The molecule has 0 bridgehead atoms. The van der Waals surface area contributed by atoms with Gasteiger partial charge in [-0.3, -0.25) is 4.79 Å². The highest BCUT2D eigenvalue weighted by Gasteiger charge is 2.69. The van der Waals surface area contributed by atoms with Gasteiger partial charge >= 0.3 is 6.18 Å². The highest BCUT2D eigenvalue weighted by molar-refractivity contribution is 6.00. The Labute approximate surface area is 135 Å². The van der Waals surface area contributed by atoms with Crippen LogP contribution >= 0.6 is 0 Å². The number of hydrogen-bond acceptors (Lipinski definition) is 3. The first kappa shape index (κ1) is 16.9. The van der Waals surface area contributed by atoms with Crippen molar-refractivity contribution in [2.45, 2.75) is 38.1 Å². The number of amides is 1. The van der Waals surface area contributed by atoms with E-state index in [0.29, 0.717) is 12.8 Å². The van der Waals surface area contributed by atoms with Gasteiger partial charge in [-0.05, 0) is 43.0 Å². The number of aliphatic hydroxyl groups is 1. The summed E-state index contributed by atoms with van der Waals surface area (Å²) in [6.45, 7) is 1.73. The number of carbonyl (C=O) groups is 1. The highest BCUT2D eigenvalue weighted by Crippen LogP contribution is 2.49. The number of hydrogen-bond donors (Lipinski definition) is 1. The maximum atomic E-state index is 13.7. The molecular formula is C16H16F4N2O2. The molecule has 1 saturated carbocycles. The van der Waals surface area contributed by atoms with Gasteiger partial charge in [0, 0.05) is 11.3 Å². The molecule has 1 aromatic carbocycles. The van der Waals surface area contributed by atoms with Crippen molar-refractivity contribution < 1.29 is 27.5 Å². The third-order valence-electron chi connectivity index (χ3n) is 4.72. The lowest BCUT2D eigenvalue weighted by Crippen LogP contribution is -2.61. The zero-order valence-corrected chi connectivity index (χ0v) is 12.8. The van der Waals surface area contributed by atoms with E-state index in [1.54, 1.807) is 6.92 Å². The summed E-state index contributed by atoms with van der Waals surface area (Å²) >= 11 is 0. The number of nitrogens with zero attached hydrogens (tertiary/aromatic N) is 2. The molecule has 4 nitrogen and oxygen atoms in total. The highest BCUT2D eigenvalue weighted by atomic mass is 19.4. The Bertz CT molecular complexity index is 686. The van der Waals surface area contributed by atoms with Crippen molar-refractivity contribution in [2.24, 2.45) is 16.9 Å². The summed E-state index contributed by atoms with van der Waals surface area (Å²) in [5.41, 5.74) is -3.35. The number of rotatable bonds is 1. The Morgan fingerprint density at radius 3 is 2.50 bits per heavy atom. The monoisotopic (exact) mass is 344 g/mol. The smallest absolute Gasteiger partial charge is 0.362 e. The van der Waals surface area contributed by atoms with Crippen LogP contribution in [0.1, 0.15) is 36.5 Å². The molecule has 1 aliphatic heterocycles. The minimum atomic E-state index is -5.06. The molecule has 3 rings (SSSR count). The first-order chi connectivity index (χ1) is 11.2. The Balaban J connectivity index is 2.06. The molecule has 8 heteroatoms. The van der Waals surface area contributed by atoms with E-state index >= 15 is 0 Å². The molecule has 1 aromatic rings. The summed E-state index contributed by atoms with van der Waals surface area (Å²) < 4.78 is 53.9. The zero-order valence-electron chi connectivity index (χ0n) is 12.8. The van der Waals surface area contributed by atoms with E-state index in [1.807, 2.05) is 0 Å². The second-order valence-electron chi connectivity index (χ2n) is 6.26. The predicted octanol–water partition coefficient (Wildman–Crippen LogP) is 3.32. The van der Waals surface area contributed by atoms with Gasteiger partial charge in [-0.25, -0.2) is 4.39 Å². The van der Waals surface area contributed by atoms with Gasteiger partial charge in [0.1, 0.15) is 5.82 Å². The molecule has 130 valence electrons. The largest absolute Gasteiger partial charge is 0.439 e. The molecule has 1 aliphatic carbocycles. The van der Waals surface area contributed by atoms with Gasteiger partial charge in [0.15, 0.2) is 0 Å². The lowest BCUT2D eigenvalue weighted by Gasteiger charge is -2.39. The van der Waals surface area contributed by atoms with Crippen LogP contribution in [0.4, 0.5) is 17.6 Å². The van der Waals surface area contributed by atoms with Crippen molar-refractivity contribution in [1.29, 1.82) is 0 Å². The van der Waals surface area contributed by atoms with Gasteiger partial charge in [0.2, 0.25) is 0 Å². The molecular weight excluding hydrogens is 328 g/mol. The van der Waals surface area contributed by atoms with Crippen LogP contribution < -0.4 is 0 Å². The van der Waals surface area contributed by atoms with Gasteiger partial charge < -0.3 is 5.11 Å². The number of alkyl halides is 3. The lowest BCUT2D eigenvalue weighted by atomic mass is 9.75. The minimum absolute atomic E-state index is 0.104. The van der Waals surface area contributed by atoms with Crippen molar-refractivity contribution in [3.8, 4) is 0 Å². The fraction of sp³-hybridized carbons (Fsp3) is 0.500. The van der Waals surface area contributed by atoms with E-state index < -0.39 is 29.5 Å². The normalized spacial score (nSPS) is 30.1. The van der Waals surface area contributed by atoms with Gasteiger partial charge in [-0.1, -0.05) is 13.3 Å². The van der Waals surface area contributed by atoms with Crippen molar-refractivity contribution >= 4 is 11.6 Å². The zero-order chi connectivity index (χ0) is 17.7. The van der Waals surface area contributed by atoms with Crippen LogP contribution in [-0.2, 0) is 0 Å². The second-order valence-corrected chi connectivity index (χ2v) is 6.26. The molecule has 24 heavy (non-hydrogen) atoms. The van der Waals surface area contributed by atoms with Crippen molar-refractivity contribution in [2.75, 3.05) is 0 Å². The van der Waals surface area contributed by atoms with Gasteiger partial charge in [0.05, 0.1) is 5.92 Å². The molecule has 0 saturated heterocycles. The summed E-state index contributed by atoms with van der Waals surface area (Å²) in [6, 6.07) is 4.08. The number of carbonyl (C=O) groups excluding carboxylic acids is 1. The Kier molecular flexibility index (Phi) is 3.90. The average Bonchev–Trinajstić information content (AvgIpc) is 2.83. The molecule has 1 amide bonds. The average molecular weight is 344 g/mol. The molecule has 1 fully saturated rings. The molecule has 0 spiro atoms. The third-order valence-corrected chi connectivity index (χ3v) is 4.72. The summed E-state index contributed by atoms with van der Waals surface area (Å²) in [6.07, 6.45) is -3.79. The Hall–Kier alpha value is -1.96. The molecule has 0 aromatic heterocycles. The first-order valence-corrected chi connectivity index (χ1v) is 7.64. The lowest BCUT2D eigenvalue weighted by molar-refractivity contribution is -0.312. The number of fused-ring (bicyclic) bond motifs is 1. The number of halogens is 4. The number of hydrazone groups is 1. The van der Waals surface area contributed by atoms with E-state index in [0.717, 1.165) is 24.3 Å². The molecule has 1 heterocycles. The van der Waals surface area contributed by atoms with Crippen LogP contribution in [-0.4, -0.2) is 33.6 Å². The van der Waals surface area contributed by atoms with E-state index in [-0.39, 0.29) is 28.6 Å². The molecule has 0 radical (unpaired) electrons. The third kappa shape index (κ3) is 2.40. The van der Waals surface area contributed by atoms with Crippen LogP contribution in [0.15, 0.2) is 29.4 Å². The standard InChI is InChI=1S/C16H16F4N2O2/c1-9-3-2-4-12-13(9)21-22(15(12,24)16(18,19)20)14(23)10-5-7-11(17)8-6-10/h5-9,12,24H,2-4H2,1H3/t9-,12+,15-/m1/s1. The summed E-state index contributed by atoms with van der Waals surface area (Å²) in [5, 5.41) is 14.5. The minimum Gasteiger partial charge on any atom is -0.362 e. The Morgan fingerprint density at radius 1 is 1.29 bits per heavy atom. The van der Waals surface area contributed by atoms with Crippen LogP contribution in [0.2, 0.25) is 0 Å². The fourth-order valence-corrected chi connectivity index (χ4v) is 3.42. The molecule has 2 aliphatic rings. The van der Waals surface area contributed by atoms with Gasteiger partial charge in [0.25, 0.3) is 11.6 Å². The summed E-state index contributed by atoms with van der Waals surface area (Å²) in [5.74, 6) is -3.24. The molecule has 3 atom stereocenters. The van der Waals surface area contributed by atoms with Crippen LogP contribution in [0.25, 0.3) is 0 Å².